The number of hydrogen-bond donors (Lipinski definition) is 4. The minimum Gasteiger partial charge on any atom is -0.402 e. The first-order valence-corrected chi connectivity index (χ1v) is 8.40. The molecule has 1 aromatic rings. The van der Waals surface area contributed by atoms with Crippen LogP contribution in [0.5, 0.6) is 0 Å². The Morgan fingerprint density at radius 1 is 1.38 bits per heavy atom. The molecule has 0 fully saturated rings. The van der Waals surface area contributed by atoms with Crippen LogP contribution in [0.25, 0.3) is 0 Å². The smallest absolute Gasteiger partial charge is 0.402 e. The highest BCUT2D eigenvalue weighted by atomic mass is 79.9. The zero-order chi connectivity index (χ0) is 18.3. The Morgan fingerprint density at radius 2 is 2.04 bits per heavy atom. The molecule has 24 heavy (non-hydrogen) atoms. The van der Waals surface area contributed by atoms with Crippen molar-refractivity contribution in [3.8, 4) is 0 Å². The lowest BCUT2D eigenvalue weighted by Crippen LogP contribution is -2.45. The lowest BCUT2D eigenvalue weighted by atomic mass is 10.1. The van der Waals surface area contributed by atoms with Crippen LogP contribution in [-0.2, 0) is 9.45 Å². The van der Waals surface area contributed by atoms with Crippen LogP contribution >= 0.6 is 27.5 Å². The molecule has 1 atom stereocenters. The van der Waals surface area contributed by atoms with Gasteiger partial charge in [-0.25, -0.2) is 0 Å². The average molecular weight is 421 g/mol. The third-order valence-corrected chi connectivity index (χ3v) is 3.80. The molecule has 4 N–H and O–H groups in total. The number of amides is 2. The fourth-order valence-electron chi connectivity index (χ4n) is 1.88. The summed E-state index contributed by atoms with van der Waals surface area (Å²) in [6.07, 6.45) is -0.482. The van der Waals surface area contributed by atoms with Gasteiger partial charge in [-0.1, -0.05) is 25.4 Å². The average Bonchev–Trinajstić information content (AvgIpc) is 2.45. The number of carbonyl (C=O) groups is 2. The molecule has 0 aliphatic rings. The molecule has 0 heterocycles. The molecular formula is C14H19BBrClN2O5. The predicted octanol–water partition coefficient (Wildman–Crippen LogP) is 1.31. The Morgan fingerprint density at radius 3 is 2.62 bits per heavy atom. The minimum absolute atomic E-state index is 0.158. The molecule has 0 aromatic heterocycles. The van der Waals surface area contributed by atoms with Gasteiger partial charge in [0.1, 0.15) is 6.23 Å². The van der Waals surface area contributed by atoms with Crippen molar-refractivity contribution in [3.63, 3.8) is 0 Å². The molecule has 1 rings (SSSR count). The Kier molecular flexibility index (Phi) is 8.72. The van der Waals surface area contributed by atoms with E-state index in [4.69, 9.17) is 26.3 Å². The third-order valence-electron chi connectivity index (χ3n) is 2.88. The molecule has 1 aromatic carbocycles. The Balaban J connectivity index is 2.57. The Labute approximate surface area is 154 Å². The quantitative estimate of drug-likeness (QED) is 0.374. The Hall–Kier alpha value is -1.13. The van der Waals surface area contributed by atoms with Crippen molar-refractivity contribution in [1.29, 1.82) is 0 Å². The van der Waals surface area contributed by atoms with Gasteiger partial charge in [-0.2, -0.15) is 0 Å². The lowest BCUT2D eigenvalue weighted by Gasteiger charge is -2.21. The van der Waals surface area contributed by atoms with Crippen molar-refractivity contribution in [2.24, 2.45) is 5.92 Å². The number of benzene rings is 1. The van der Waals surface area contributed by atoms with Gasteiger partial charge in [-0.05, 0) is 46.5 Å². The highest BCUT2D eigenvalue weighted by molar-refractivity contribution is 9.10. The van der Waals surface area contributed by atoms with Gasteiger partial charge >= 0.3 is 7.32 Å². The molecule has 0 spiro atoms. The summed E-state index contributed by atoms with van der Waals surface area (Å²) in [6, 6.07) is 4.74. The molecule has 132 valence electrons. The molecule has 0 bridgehead atoms. The van der Waals surface area contributed by atoms with Crippen molar-refractivity contribution in [2.75, 3.05) is 6.54 Å². The van der Waals surface area contributed by atoms with E-state index in [1.165, 1.54) is 6.07 Å². The predicted molar refractivity (Wildman–Crippen MR) is 94.1 cm³/mol. The summed E-state index contributed by atoms with van der Waals surface area (Å²) >= 11 is 9.08. The maximum Gasteiger partial charge on any atom is 0.635 e. The number of carbonyl (C=O) groups excluding carboxylic acids is 2. The van der Waals surface area contributed by atoms with Crippen LogP contribution in [0.4, 0.5) is 0 Å². The van der Waals surface area contributed by atoms with E-state index in [1.54, 1.807) is 12.1 Å². The molecule has 7 nitrogen and oxygen atoms in total. The SMILES string of the molecule is CC(C)C[C@H](NC(=O)CNC(=O)c1cc(Cl)ccc1Br)OB(O)O. The molecule has 0 aliphatic heterocycles. The van der Waals surface area contributed by atoms with E-state index in [2.05, 4.69) is 26.6 Å². The zero-order valence-electron chi connectivity index (χ0n) is 13.3. The topological polar surface area (TPSA) is 108 Å². The van der Waals surface area contributed by atoms with Gasteiger partial charge in [-0.3, -0.25) is 9.59 Å². The summed E-state index contributed by atoms with van der Waals surface area (Å²) in [5.41, 5.74) is 0.302. The summed E-state index contributed by atoms with van der Waals surface area (Å²) in [5, 5.41) is 23.1. The van der Waals surface area contributed by atoms with Crippen LogP contribution in [0.3, 0.4) is 0 Å². The van der Waals surface area contributed by atoms with E-state index in [0.29, 0.717) is 21.5 Å². The first-order chi connectivity index (χ1) is 11.2. The second kappa shape index (κ2) is 10.00. The van der Waals surface area contributed by atoms with Gasteiger partial charge in [0.25, 0.3) is 5.91 Å². The fourth-order valence-corrected chi connectivity index (χ4v) is 2.48. The van der Waals surface area contributed by atoms with E-state index in [-0.39, 0.29) is 12.5 Å². The normalized spacial score (nSPS) is 12.0. The zero-order valence-corrected chi connectivity index (χ0v) is 15.6. The molecule has 0 saturated carbocycles. The van der Waals surface area contributed by atoms with E-state index in [9.17, 15) is 9.59 Å². The largest absolute Gasteiger partial charge is 0.635 e. The van der Waals surface area contributed by atoms with Crippen LogP contribution in [0, 0.1) is 5.92 Å². The van der Waals surface area contributed by atoms with Crippen molar-refractivity contribution < 1.29 is 24.3 Å². The van der Waals surface area contributed by atoms with Crippen LogP contribution in [0.15, 0.2) is 22.7 Å². The van der Waals surface area contributed by atoms with Crippen molar-refractivity contribution in [1.82, 2.24) is 10.6 Å². The summed E-state index contributed by atoms with van der Waals surface area (Å²) in [5.74, 6) is -0.832. The maximum absolute atomic E-state index is 12.1. The molecule has 0 saturated heterocycles. The first-order valence-electron chi connectivity index (χ1n) is 7.23. The maximum atomic E-state index is 12.1. The van der Waals surface area contributed by atoms with Crippen LogP contribution in [0.2, 0.25) is 5.02 Å². The standard InChI is InChI=1S/C14H19BBrClN2O5/c1-8(2)5-13(24-15(22)23)19-12(20)7-18-14(21)10-6-9(17)3-4-11(10)16/h3-4,6,8,13,22-23H,5,7H2,1-2H3,(H,18,21)(H,19,20)/t13-/m1/s1. The number of nitrogens with one attached hydrogen (secondary N) is 2. The van der Waals surface area contributed by atoms with Crippen LogP contribution < -0.4 is 10.6 Å². The van der Waals surface area contributed by atoms with Crippen LogP contribution in [-0.4, -0.2) is 42.0 Å². The number of rotatable bonds is 8. The van der Waals surface area contributed by atoms with Gasteiger partial charge in [-0.15, -0.1) is 0 Å². The highest BCUT2D eigenvalue weighted by Gasteiger charge is 2.21. The second-order valence-corrected chi connectivity index (χ2v) is 6.75. The molecule has 10 heteroatoms. The lowest BCUT2D eigenvalue weighted by molar-refractivity contribution is -0.123. The summed E-state index contributed by atoms with van der Waals surface area (Å²) < 4.78 is 5.35. The van der Waals surface area contributed by atoms with E-state index >= 15 is 0 Å². The molecule has 2 amide bonds. The third kappa shape index (κ3) is 7.63. The summed E-state index contributed by atoms with van der Waals surface area (Å²) in [4.78, 5) is 24.0. The van der Waals surface area contributed by atoms with Crippen molar-refractivity contribution in [2.45, 2.75) is 26.5 Å². The molecular weight excluding hydrogens is 402 g/mol. The van der Waals surface area contributed by atoms with Gasteiger partial charge in [0, 0.05) is 9.50 Å². The van der Waals surface area contributed by atoms with E-state index in [1.807, 2.05) is 13.8 Å². The highest BCUT2D eigenvalue weighted by Crippen LogP contribution is 2.20. The van der Waals surface area contributed by atoms with E-state index < -0.39 is 25.4 Å². The number of halogens is 2. The summed E-state index contributed by atoms with van der Waals surface area (Å²) in [7, 11) is -1.99. The monoisotopic (exact) mass is 420 g/mol. The fraction of sp³-hybridized carbons (Fsp3) is 0.429. The van der Waals surface area contributed by atoms with Crippen molar-refractivity contribution in [3.05, 3.63) is 33.3 Å². The van der Waals surface area contributed by atoms with Crippen LogP contribution in [0.1, 0.15) is 30.6 Å². The van der Waals surface area contributed by atoms with Gasteiger partial charge in [0.2, 0.25) is 5.91 Å². The van der Waals surface area contributed by atoms with Gasteiger partial charge in [0.05, 0.1) is 12.1 Å². The van der Waals surface area contributed by atoms with Crippen molar-refractivity contribution >= 4 is 46.7 Å². The molecule has 0 unspecified atom stereocenters. The second-order valence-electron chi connectivity index (χ2n) is 5.45. The molecule has 0 aliphatic carbocycles. The van der Waals surface area contributed by atoms with E-state index in [0.717, 1.165) is 0 Å². The Bertz CT molecular complexity index is 578. The minimum atomic E-state index is -1.99. The van der Waals surface area contributed by atoms with Gasteiger partial charge in [0.15, 0.2) is 0 Å². The first kappa shape index (κ1) is 20.9. The van der Waals surface area contributed by atoms with Gasteiger partial charge < -0.3 is 25.3 Å². The molecule has 0 radical (unpaired) electrons. The number of hydrogen-bond acceptors (Lipinski definition) is 5. The summed E-state index contributed by atoms with van der Waals surface area (Å²) in [6.45, 7) is 3.49.